The average molecular weight is 473 g/mol. The summed E-state index contributed by atoms with van der Waals surface area (Å²) in [5.41, 5.74) is 3.80. The highest BCUT2D eigenvalue weighted by Crippen LogP contribution is 2.26. The zero-order chi connectivity index (χ0) is 18.1. The van der Waals surface area contributed by atoms with Gasteiger partial charge in [0.2, 0.25) is 0 Å². The molecule has 0 amide bonds. The second kappa shape index (κ2) is 12.2. The molecule has 5 nitrogen and oxygen atoms in total. The van der Waals surface area contributed by atoms with Crippen LogP contribution >= 0.6 is 24.0 Å². The van der Waals surface area contributed by atoms with Crippen molar-refractivity contribution in [3.63, 3.8) is 0 Å². The van der Waals surface area contributed by atoms with Gasteiger partial charge in [-0.1, -0.05) is 29.3 Å². The van der Waals surface area contributed by atoms with E-state index in [1.165, 1.54) is 11.1 Å². The molecule has 0 saturated carbocycles. The van der Waals surface area contributed by atoms with Crippen LogP contribution in [0, 0.1) is 6.92 Å². The maximum Gasteiger partial charge on any atom is 0.191 e. The number of hydrogen-bond acceptors (Lipinski definition) is 3. The summed E-state index contributed by atoms with van der Waals surface area (Å²) in [5, 5.41) is 6.82. The van der Waals surface area contributed by atoms with Crippen molar-refractivity contribution in [2.75, 3.05) is 33.4 Å². The van der Waals surface area contributed by atoms with E-state index < -0.39 is 0 Å². The third-order valence-electron chi connectivity index (χ3n) is 4.31. The minimum Gasteiger partial charge on any atom is -0.496 e. The van der Waals surface area contributed by atoms with Gasteiger partial charge in [-0.3, -0.25) is 4.99 Å². The summed E-state index contributed by atoms with van der Waals surface area (Å²) in [6.07, 6.45) is 4.19. The summed E-state index contributed by atoms with van der Waals surface area (Å²) in [7, 11) is 1.71. The molecular formula is C20H32IN3O2. The molecule has 26 heavy (non-hydrogen) atoms. The molecule has 1 aliphatic rings. The number of methoxy groups -OCH3 is 1. The molecule has 1 aromatic carbocycles. The normalized spacial score (nSPS) is 15.5. The van der Waals surface area contributed by atoms with Crippen LogP contribution < -0.4 is 15.4 Å². The molecule has 1 aromatic rings. The van der Waals surface area contributed by atoms with Crippen molar-refractivity contribution in [1.29, 1.82) is 0 Å². The molecule has 0 radical (unpaired) electrons. The largest absolute Gasteiger partial charge is 0.496 e. The van der Waals surface area contributed by atoms with E-state index in [2.05, 4.69) is 49.6 Å². The van der Waals surface area contributed by atoms with Crippen LogP contribution in [0.15, 0.2) is 34.8 Å². The molecule has 2 rings (SSSR count). The molecule has 0 aliphatic carbocycles. The molecule has 0 aromatic heterocycles. The Bertz CT molecular complexity index is 617. The number of nitrogens with zero attached hydrogens (tertiary/aromatic N) is 1. The Hall–Kier alpha value is -1.28. The number of ether oxygens (including phenoxy) is 2. The molecule has 1 heterocycles. The van der Waals surface area contributed by atoms with E-state index in [1.807, 2.05) is 6.07 Å². The monoisotopic (exact) mass is 473 g/mol. The Morgan fingerprint density at radius 3 is 2.85 bits per heavy atom. The van der Waals surface area contributed by atoms with E-state index in [0.29, 0.717) is 0 Å². The average Bonchev–Trinajstić information content (AvgIpc) is 2.62. The molecule has 1 atom stereocenters. The summed E-state index contributed by atoms with van der Waals surface area (Å²) in [5.74, 6) is 1.74. The SMILES string of the molecule is CCNC(=NCCC1=CCOCC1)NC(C)c1cc(C)ccc1OC.I. The van der Waals surface area contributed by atoms with Crippen molar-refractivity contribution < 1.29 is 9.47 Å². The third kappa shape index (κ3) is 7.15. The molecule has 0 fully saturated rings. The molecule has 2 N–H and O–H groups in total. The van der Waals surface area contributed by atoms with Gasteiger partial charge in [0.15, 0.2) is 5.96 Å². The van der Waals surface area contributed by atoms with Crippen LogP contribution in [0.1, 0.15) is 43.9 Å². The van der Waals surface area contributed by atoms with Gasteiger partial charge in [0, 0.05) is 18.7 Å². The quantitative estimate of drug-likeness (QED) is 0.272. The van der Waals surface area contributed by atoms with E-state index in [4.69, 9.17) is 14.5 Å². The summed E-state index contributed by atoms with van der Waals surface area (Å²) in [6, 6.07) is 6.35. The molecule has 6 heteroatoms. The van der Waals surface area contributed by atoms with E-state index >= 15 is 0 Å². The Labute approximate surface area is 174 Å². The van der Waals surface area contributed by atoms with E-state index in [-0.39, 0.29) is 30.0 Å². The van der Waals surface area contributed by atoms with Gasteiger partial charge in [0.1, 0.15) is 5.75 Å². The molecule has 0 saturated heterocycles. The maximum atomic E-state index is 5.50. The lowest BCUT2D eigenvalue weighted by molar-refractivity contribution is 0.153. The standard InChI is InChI=1S/C20H31N3O2.HI/c1-5-21-20(22-11-8-17-9-12-25-13-10-17)23-16(3)18-14-15(2)6-7-19(18)24-4;/h6-7,9,14,16H,5,8,10-13H2,1-4H3,(H2,21,22,23);1H. The molecule has 0 spiro atoms. The summed E-state index contributed by atoms with van der Waals surface area (Å²) >= 11 is 0. The summed E-state index contributed by atoms with van der Waals surface area (Å²) in [4.78, 5) is 4.72. The summed E-state index contributed by atoms with van der Waals surface area (Å²) < 4.78 is 10.9. The van der Waals surface area contributed by atoms with Gasteiger partial charge in [-0.25, -0.2) is 0 Å². The first-order chi connectivity index (χ1) is 12.1. The maximum absolute atomic E-state index is 5.50. The zero-order valence-electron chi connectivity index (χ0n) is 16.3. The summed E-state index contributed by atoms with van der Waals surface area (Å²) in [6.45, 7) is 9.48. The van der Waals surface area contributed by atoms with Crippen molar-refractivity contribution in [2.24, 2.45) is 4.99 Å². The van der Waals surface area contributed by atoms with E-state index in [1.54, 1.807) is 7.11 Å². The van der Waals surface area contributed by atoms with Crippen LogP contribution in [-0.4, -0.2) is 39.4 Å². The number of nitrogens with one attached hydrogen (secondary N) is 2. The Kier molecular flexibility index (Phi) is 10.7. The zero-order valence-corrected chi connectivity index (χ0v) is 18.6. The number of halogens is 1. The van der Waals surface area contributed by atoms with Crippen LogP contribution in [0.4, 0.5) is 0 Å². The van der Waals surface area contributed by atoms with E-state index in [0.717, 1.165) is 56.4 Å². The number of hydrogen-bond donors (Lipinski definition) is 2. The van der Waals surface area contributed by atoms with Gasteiger partial charge in [-0.05, 0) is 39.7 Å². The topological polar surface area (TPSA) is 54.9 Å². The lowest BCUT2D eigenvalue weighted by atomic mass is 10.0. The first-order valence-corrected chi connectivity index (χ1v) is 9.09. The Morgan fingerprint density at radius 1 is 1.38 bits per heavy atom. The Morgan fingerprint density at radius 2 is 2.19 bits per heavy atom. The van der Waals surface area contributed by atoms with Crippen molar-refractivity contribution in [3.05, 3.63) is 41.0 Å². The van der Waals surface area contributed by atoms with Crippen LogP contribution in [0.3, 0.4) is 0 Å². The minimum absolute atomic E-state index is 0. The second-order valence-corrected chi connectivity index (χ2v) is 6.31. The minimum atomic E-state index is 0. The lowest BCUT2D eigenvalue weighted by Crippen LogP contribution is -2.39. The van der Waals surface area contributed by atoms with Gasteiger partial charge in [0.25, 0.3) is 0 Å². The molecule has 146 valence electrons. The fourth-order valence-electron chi connectivity index (χ4n) is 2.90. The fraction of sp³-hybridized carbons (Fsp3) is 0.550. The third-order valence-corrected chi connectivity index (χ3v) is 4.31. The molecule has 0 bridgehead atoms. The molecular weight excluding hydrogens is 441 g/mol. The number of rotatable bonds is 7. The molecule has 1 unspecified atom stereocenters. The first-order valence-electron chi connectivity index (χ1n) is 9.09. The smallest absolute Gasteiger partial charge is 0.191 e. The fourth-order valence-corrected chi connectivity index (χ4v) is 2.90. The van der Waals surface area contributed by atoms with Gasteiger partial charge in [-0.2, -0.15) is 0 Å². The van der Waals surface area contributed by atoms with Crippen LogP contribution in [0.5, 0.6) is 5.75 Å². The first kappa shape index (κ1) is 22.8. The van der Waals surface area contributed by atoms with Gasteiger partial charge >= 0.3 is 0 Å². The van der Waals surface area contributed by atoms with Crippen molar-refractivity contribution >= 4 is 29.9 Å². The lowest BCUT2D eigenvalue weighted by Gasteiger charge is -2.21. The van der Waals surface area contributed by atoms with Crippen molar-refractivity contribution in [3.8, 4) is 5.75 Å². The van der Waals surface area contributed by atoms with Crippen molar-refractivity contribution in [2.45, 2.75) is 39.7 Å². The van der Waals surface area contributed by atoms with Gasteiger partial charge < -0.3 is 20.1 Å². The molecule has 1 aliphatic heterocycles. The number of aryl methyl sites for hydroxylation is 1. The van der Waals surface area contributed by atoms with E-state index in [9.17, 15) is 0 Å². The van der Waals surface area contributed by atoms with Crippen LogP contribution in [-0.2, 0) is 4.74 Å². The van der Waals surface area contributed by atoms with Crippen molar-refractivity contribution in [1.82, 2.24) is 10.6 Å². The highest BCUT2D eigenvalue weighted by molar-refractivity contribution is 14.0. The Balaban J connectivity index is 0.00000338. The van der Waals surface area contributed by atoms with Crippen LogP contribution in [0.25, 0.3) is 0 Å². The predicted octanol–water partition coefficient (Wildman–Crippen LogP) is 3.97. The predicted molar refractivity (Wildman–Crippen MR) is 119 cm³/mol. The highest BCUT2D eigenvalue weighted by atomic mass is 127. The van der Waals surface area contributed by atoms with Gasteiger partial charge in [0.05, 0.1) is 26.4 Å². The second-order valence-electron chi connectivity index (χ2n) is 6.31. The number of aliphatic imine (C=N–C) groups is 1. The number of guanidine groups is 1. The van der Waals surface area contributed by atoms with Crippen LogP contribution in [0.2, 0.25) is 0 Å². The number of benzene rings is 1. The van der Waals surface area contributed by atoms with Gasteiger partial charge in [-0.15, -0.1) is 24.0 Å². The highest BCUT2D eigenvalue weighted by Gasteiger charge is 2.13.